The van der Waals surface area contributed by atoms with Crippen molar-refractivity contribution >= 4 is 21.6 Å². The van der Waals surface area contributed by atoms with Crippen molar-refractivity contribution in [3.63, 3.8) is 0 Å². The molecule has 2 aromatic carbocycles. The molecule has 5 rings (SSSR count). The van der Waals surface area contributed by atoms with Gasteiger partial charge >= 0.3 is 0 Å². The van der Waals surface area contributed by atoms with Crippen molar-refractivity contribution in [3.05, 3.63) is 76.3 Å². The third-order valence-electron chi connectivity index (χ3n) is 6.42. The number of nitrogens with zero attached hydrogens (tertiary/aromatic N) is 2. The van der Waals surface area contributed by atoms with Crippen LogP contribution in [0.1, 0.15) is 56.2 Å². The summed E-state index contributed by atoms with van der Waals surface area (Å²) >= 11 is 0. The van der Waals surface area contributed by atoms with Gasteiger partial charge in [-0.25, -0.2) is 4.39 Å². The van der Waals surface area contributed by atoms with E-state index in [1.807, 2.05) is 20.8 Å². The lowest BCUT2D eigenvalue weighted by Crippen LogP contribution is -2.43. The summed E-state index contributed by atoms with van der Waals surface area (Å²) in [5.74, 6) is -0.711. The van der Waals surface area contributed by atoms with E-state index in [0.29, 0.717) is 11.1 Å². The van der Waals surface area contributed by atoms with Gasteiger partial charge in [-0.05, 0) is 47.4 Å². The highest BCUT2D eigenvalue weighted by Crippen LogP contribution is 2.43. The van der Waals surface area contributed by atoms with Gasteiger partial charge in [-0.3, -0.25) is 4.79 Å². The molecular weight excluding hydrogens is 443 g/mol. The molecule has 1 amide bonds. The zero-order valence-corrected chi connectivity index (χ0v) is 19.5. The maximum Gasteiger partial charge on any atom is 0.283 e. The third-order valence-corrected chi connectivity index (χ3v) is 7.76. The molecule has 2 aromatic rings. The maximum absolute atomic E-state index is 14.3. The molecule has 0 aromatic heterocycles. The molecule has 1 unspecified atom stereocenters. The van der Waals surface area contributed by atoms with Crippen LogP contribution in [0.15, 0.2) is 63.1 Å². The minimum atomic E-state index is -3.95. The Hall–Kier alpha value is -3.00. The summed E-state index contributed by atoms with van der Waals surface area (Å²) in [6, 6.07) is 10.5. The van der Waals surface area contributed by atoms with Crippen LogP contribution in [0.5, 0.6) is 0 Å². The predicted molar refractivity (Wildman–Crippen MR) is 122 cm³/mol. The molecule has 2 aliphatic heterocycles. The summed E-state index contributed by atoms with van der Waals surface area (Å²) in [7, 11) is -3.95. The van der Waals surface area contributed by atoms with Crippen LogP contribution in [-0.4, -0.2) is 36.1 Å². The lowest BCUT2D eigenvalue weighted by atomic mass is 9.84. The van der Waals surface area contributed by atoms with Crippen LogP contribution >= 0.6 is 0 Å². The lowest BCUT2D eigenvalue weighted by Gasteiger charge is -2.35. The average molecular weight is 469 g/mol. The molecule has 1 N–H and O–H groups in total. The van der Waals surface area contributed by atoms with Crippen molar-refractivity contribution in [1.29, 1.82) is 0 Å². The first-order valence-electron chi connectivity index (χ1n) is 11.0. The maximum atomic E-state index is 14.3. The molecular formula is C25H25FN2O4S. The first-order valence-corrected chi connectivity index (χ1v) is 12.4. The molecule has 1 fully saturated rings. The molecule has 6 nitrogen and oxygen atoms in total. The van der Waals surface area contributed by atoms with Crippen molar-refractivity contribution in [1.82, 2.24) is 4.90 Å². The molecule has 172 valence electrons. The van der Waals surface area contributed by atoms with Crippen LogP contribution < -0.4 is 0 Å². The fourth-order valence-corrected chi connectivity index (χ4v) is 6.02. The standard InChI is InChI=1S/C25H25FN2O4S/c1-25(2,3)23-22(29)20(21-16-6-4-5-7-19(16)33(31,32)27-21)24(30)28(23)13-14-8-11-18(26)17(12-14)15-9-10-15/h4-8,11-12,15,23,29H,9-10,13H2,1-3H3. The molecule has 0 bridgehead atoms. The molecule has 8 heteroatoms. The van der Waals surface area contributed by atoms with Gasteiger partial charge in [-0.15, -0.1) is 0 Å². The topological polar surface area (TPSA) is 87.0 Å². The fraction of sp³-hybridized carbons (Fsp3) is 0.360. The Morgan fingerprint density at radius 3 is 2.52 bits per heavy atom. The SMILES string of the molecule is CC(C)(C)C1C(O)=C(C2=NS(=O)(=O)c3ccccc32)C(=O)N1Cc1ccc(F)c(C2CC2)c1. The summed E-state index contributed by atoms with van der Waals surface area (Å²) < 4.78 is 43.3. The minimum absolute atomic E-state index is 0.0199. The van der Waals surface area contributed by atoms with Crippen molar-refractivity contribution in [2.45, 2.75) is 57.0 Å². The summed E-state index contributed by atoms with van der Waals surface area (Å²) in [5, 5.41) is 11.2. The zero-order valence-electron chi connectivity index (χ0n) is 18.7. The second-order valence-electron chi connectivity index (χ2n) is 10.0. The molecule has 2 heterocycles. The smallest absolute Gasteiger partial charge is 0.283 e. The van der Waals surface area contributed by atoms with Crippen molar-refractivity contribution in [2.24, 2.45) is 9.81 Å². The molecule has 0 saturated heterocycles. The summed E-state index contributed by atoms with van der Waals surface area (Å²) in [6.07, 6.45) is 1.90. The number of amides is 1. The van der Waals surface area contributed by atoms with Gasteiger partial charge in [0.25, 0.3) is 15.9 Å². The van der Waals surface area contributed by atoms with E-state index in [-0.39, 0.29) is 40.2 Å². The Morgan fingerprint density at radius 2 is 1.85 bits per heavy atom. The van der Waals surface area contributed by atoms with E-state index >= 15 is 0 Å². The van der Waals surface area contributed by atoms with Gasteiger partial charge in [0.05, 0.1) is 10.9 Å². The highest BCUT2D eigenvalue weighted by atomic mass is 32.2. The van der Waals surface area contributed by atoms with Gasteiger partial charge in [-0.2, -0.15) is 12.8 Å². The number of benzene rings is 2. The van der Waals surface area contributed by atoms with Gasteiger partial charge < -0.3 is 10.0 Å². The van der Waals surface area contributed by atoms with Crippen LogP contribution in [0.2, 0.25) is 0 Å². The van der Waals surface area contributed by atoms with E-state index in [2.05, 4.69) is 4.40 Å². The molecule has 3 aliphatic rings. The van der Waals surface area contributed by atoms with E-state index < -0.39 is 27.4 Å². The first-order chi connectivity index (χ1) is 15.5. The number of sulfonamides is 1. The number of carbonyl (C=O) groups excluding carboxylic acids is 1. The number of aliphatic hydroxyl groups excluding tert-OH is 1. The van der Waals surface area contributed by atoms with Gasteiger partial charge in [0.1, 0.15) is 22.9 Å². The normalized spacial score (nSPS) is 22.1. The largest absolute Gasteiger partial charge is 0.509 e. The fourth-order valence-electron chi connectivity index (χ4n) is 4.80. The van der Waals surface area contributed by atoms with Crippen LogP contribution in [0, 0.1) is 11.2 Å². The highest BCUT2D eigenvalue weighted by Gasteiger charge is 2.49. The molecule has 1 atom stereocenters. The second kappa shape index (κ2) is 7.25. The van der Waals surface area contributed by atoms with Gasteiger partial charge in [0.15, 0.2) is 0 Å². The van der Waals surface area contributed by atoms with E-state index in [4.69, 9.17) is 0 Å². The Kier molecular flexibility index (Phi) is 4.79. The quantitative estimate of drug-likeness (QED) is 0.718. The van der Waals surface area contributed by atoms with Crippen molar-refractivity contribution < 1.29 is 22.7 Å². The van der Waals surface area contributed by atoms with Gasteiger partial charge in [0.2, 0.25) is 0 Å². The molecule has 0 spiro atoms. The average Bonchev–Trinajstić information content (AvgIpc) is 3.49. The van der Waals surface area contributed by atoms with E-state index in [0.717, 1.165) is 18.4 Å². The van der Waals surface area contributed by atoms with Crippen LogP contribution in [0.3, 0.4) is 0 Å². The molecule has 0 radical (unpaired) electrons. The molecule has 33 heavy (non-hydrogen) atoms. The Balaban J connectivity index is 1.57. The molecule has 1 aliphatic carbocycles. The molecule has 1 saturated carbocycles. The number of hydrogen-bond donors (Lipinski definition) is 1. The Morgan fingerprint density at radius 1 is 1.15 bits per heavy atom. The Labute approximate surface area is 192 Å². The van der Waals surface area contributed by atoms with Crippen LogP contribution in [0.4, 0.5) is 4.39 Å². The van der Waals surface area contributed by atoms with Gasteiger partial charge in [-0.1, -0.05) is 51.1 Å². The number of hydrogen-bond acceptors (Lipinski definition) is 4. The monoisotopic (exact) mass is 468 g/mol. The van der Waals surface area contributed by atoms with E-state index in [1.54, 1.807) is 30.3 Å². The van der Waals surface area contributed by atoms with E-state index in [9.17, 15) is 22.7 Å². The third kappa shape index (κ3) is 3.57. The Bertz CT molecular complexity index is 1350. The van der Waals surface area contributed by atoms with Crippen LogP contribution in [0.25, 0.3) is 0 Å². The van der Waals surface area contributed by atoms with Crippen molar-refractivity contribution in [3.8, 4) is 0 Å². The van der Waals surface area contributed by atoms with Gasteiger partial charge in [0, 0.05) is 12.1 Å². The zero-order chi connectivity index (χ0) is 23.7. The summed E-state index contributed by atoms with van der Waals surface area (Å²) in [6.45, 7) is 5.87. The number of halogens is 1. The van der Waals surface area contributed by atoms with E-state index in [1.165, 1.54) is 17.0 Å². The lowest BCUT2D eigenvalue weighted by molar-refractivity contribution is -0.129. The number of aliphatic hydroxyl groups is 1. The summed E-state index contributed by atoms with van der Waals surface area (Å²) in [4.78, 5) is 15.2. The predicted octanol–water partition coefficient (Wildman–Crippen LogP) is 4.46. The highest BCUT2D eigenvalue weighted by molar-refractivity contribution is 7.90. The van der Waals surface area contributed by atoms with Crippen LogP contribution in [-0.2, 0) is 21.4 Å². The first kappa shape index (κ1) is 21.8. The number of carbonyl (C=O) groups is 1. The number of rotatable bonds is 4. The van der Waals surface area contributed by atoms with Crippen molar-refractivity contribution in [2.75, 3.05) is 0 Å². The number of fused-ring (bicyclic) bond motifs is 1. The second-order valence-corrected chi connectivity index (χ2v) is 11.6. The summed E-state index contributed by atoms with van der Waals surface area (Å²) in [5.41, 5.74) is 1.06. The minimum Gasteiger partial charge on any atom is -0.509 e.